The third kappa shape index (κ3) is 7.10. The van der Waals surface area contributed by atoms with Gasteiger partial charge in [-0.2, -0.15) is 0 Å². The Morgan fingerprint density at radius 3 is 2.39 bits per heavy atom. The van der Waals surface area contributed by atoms with Crippen molar-refractivity contribution in [3.05, 3.63) is 30.3 Å². The molecule has 0 spiro atoms. The van der Waals surface area contributed by atoms with Gasteiger partial charge in [-0.15, -0.1) is 0 Å². The Hall–Kier alpha value is -1.31. The van der Waals surface area contributed by atoms with Crippen LogP contribution in [0.4, 0.5) is 0 Å². The van der Waals surface area contributed by atoms with E-state index in [2.05, 4.69) is 13.8 Å². The normalized spacial score (nSPS) is 10.6. The molecular formula is C16H24O2. The highest BCUT2D eigenvalue weighted by Gasteiger charge is 2.04. The second-order valence-electron chi connectivity index (χ2n) is 5.13. The van der Waals surface area contributed by atoms with E-state index >= 15 is 0 Å². The van der Waals surface area contributed by atoms with Gasteiger partial charge in [-0.25, -0.2) is 0 Å². The molecule has 0 amide bonds. The van der Waals surface area contributed by atoms with E-state index in [0.29, 0.717) is 12.2 Å². The van der Waals surface area contributed by atoms with Crippen molar-refractivity contribution in [2.75, 3.05) is 0 Å². The van der Waals surface area contributed by atoms with Gasteiger partial charge in [0.05, 0.1) is 0 Å². The topological polar surface area (TPSA) is 26.3 Å². The highest BCUT2D eigenvalue weighted by Crippen LogP contribution is 2.13. The van der Waals surface area contributed by atoms with Crippen molar-refractivity contribution < 1.29 is 9.53 Å². The van der Waals surface area contributed by atoms with Crippen molar-refractivity contribution in [1.82, 2.24) is 0 Å². The molecule has 0 bridgehead atoms. The first-order valence-electron chi connectivity index (χ1n) is 6.94. The molecule has 0 fully saturated rings. The Labute approximate surface area is 110 Å². The van der Waals surface area contributed by atoms with E-state index in [1.165, 1.54) is 19.3 Å². The zero-order valence-corrected chi connectivity index (χ0v) is 11.5. The maximum atomic E-state index is 11.5. The van der Waals surface area contributed by atoms with Crippen LogP contribution in [0.2, 0.25) is 0 Å². The molecule has 0 aromatic heterocycles. The minimum Gasteiger partial charge on any atom is -0.427 e. The van der Waals surface area contributed by atoms with Crippen LogP contribution >= 0.6 is 0 Å². The molecule has 1 aromatic rings. The summed E-state index contributed by atoms with van der Waals surface area (Å²) >= 11 is 0. The van der Waals surface area contributed by atoms with Crippen molar-refractivity contribution in [1.29, 1.82) is 0 Å². The Kier molecular flexibility index (Phi) is 7.16. The fourth-order valence-corrected chi connectivity index (χ4v) is 1.85. The summed E-state index contributed by atoms with van der Waals surface area (Å²) in [4.78, 5) is 11.5. The fourth-order valence-electron chi connectivity index (χ4n) is 1.85. The fraction of sp³-hybridized carbons (Fsp3) is 0.562. The summed E-state index contributed by atoms with van der Waals surface area (Å²) in [5.41, 5.74) is 0. The average molecular weight is 248 g/mol. The van der Waals surface area contributed by atoms with Gasteiger partial charge in [-0.3, -0.25) is 4.79 Å². The highest BCUT2D eigenvalue weighted by atomic mass is 16.5. The summed E-state index contributed by atoms with van der Waals surface area (Å²) in [6.07, 6.45) is 6.35. The highest BCUT2D eigenvalue weighted by molar-refractivity contribution is 5.72. The summed E-state index contributed by atoms with van der Waals surface area (Å²) in [5, 5.41) is 0. The SMILES string of the molecule is CC(C)CCCCCCC(=O)Oc1ccccc1. The van der Waals surface area contributed by atoms with Crippen molar-refractivity contribution in [2.24, 2.45) is 5.92 Å². The van der Waals surface area contributed by atoms with Crippen LogP contribution in [-0.2, 0) is 4.79 Å². The van der Waals surface area contributed by atoms with E-state index in [1.54, 1.807) is 12.1 Å². The number of unbranched alkanes of at least 4 members (excludes halogenated alkanes) is 3. The van der Waals surface area contributed by atoms with E-state index in [-0.39, 0.29) is 5.97 Å². The van der Waals surface area contributed by atoms with Crippen molar-refractivity contribution in [3.8, 4) is 5.75 Å². The first-order chi connectivity index (χ1) is 8.68. The second kappa shape index (κ2) is 8.73. The monoisotopic (exact) mass is 248 g/mol. The lowest BCUT2D eigenvalue weighted by molar-refractivity contribution is -0.134. The number of hydrogen-bond donors (Lipinski definition) is 0. The third-order valence-electron chi connectivity index (χ3n) is 2.89. The first-order valence-corrected chi connectivity index (χ1v) is 6.94. The van der Waals surface area contributed by atoms with Gasteiger partial charge in [-0.1, -0.05) is 57.7 Å². The predicted molar refractivity (Wildman–Crippen MR) is 74.6 cm³/mol. The minimum atomic E-state index is -0.120. The van der Waals surface area contributed by atoms with Crippen LogP contribution in [-0.4, -0.2) is 5.97 Å². The Morgan fingerprint density at radius 1 is 1.06 bits per heavy atom. The molecule has 100 valence electrons. The van der Waals surface area contributed by atoms with Gasteiger partial charge in [0.2, 0.25) is 0 Å². The third-order valence-corrected chi connectivity index (χ3v) is 2.89. The summed E-state index contributed by atoms with van der Waals surface area (Å²) in [6.45, 7) is 4.49. The number of carbonyl (C=O) groups excluding carboxylic acids is 1. The quantitative estimate of drug-likeness (QED) is 0.382. The Bertz CT molecular complexity index is 330. The van der Waals surface area contributed by atoms with Gasteiger partial charge in [0.1, 0.15) is 5.75 Å². The lowest BCUT2D eigenvalue weighted by Gasteiger charge is -2.05. The number of ether oxygens (including phenoxy) is 1. The standard InChI is InChI=1S/C16H24O2/c1-14(2)10-6-3-4-9-13-16(17)18-15-11-7-5-8-12-15/h5,7-8,11-12,14H,3-4,6,9-10,13H2,1-2H3. The number of hydrogen-bond acceptors (Lipinski definition) is 2. The molecule has 0 unspecified atom stereocenters. The smallest absolute Gasteiger partial charge is 0.311 e. The molecule has 0 N–H and O–H groups in total. The van der Waals surface area contributed by atoms with E-state index in [4.69, 9.17) is 4.74 Å². The van der Waals surface area contributed by atoms with E-state index in [9.17, 15) is 4.79 Å². The van der Waals surface area contributed by atoms with Gasteiger partial charge >= 0.3 is 5.97 Å². The van der Waals surface area contributed by atoms with Crippen LogP contribution in [0.3, 0.4) is 0 Å². The summed E-state index contributed by atoms with van der Waals surface area (Å²) in [5.74, 6) is 1.31. The number of esters is 1. The van der Waals surface area contributed by atoms with Crippen LogP contribution in [0.15, 0.2) is 30.3 Å². The molecule has 2 heteroatoms. The predicted octanol–water partition coefficient (Wildman–Crippen LogP) is 4.59. The lowest BCUT2D eigenvalue weighted by Crippen LogP contribution is -2.07. The zero-order valence-electron chi connectivity index (χ0n) is 11.5. The Morgan fingerprint density at radius 2 is 1.72 bits per heavy atom. The lowest BCUT2D eigenvalue weighted by atomic mass is 10.0. The Balaban J connectivity index is 2.04. The van der Waals surface area contributed by atoms with Crippen molar-refractivity contribution in [2.45, 2.75) is 52.4 Å². The number of para-hydroxylation sites is 1. The molecule has 0 aliphatic rings. The number of rotatable bonds is 8. The molecule has 2 nitrogen and oxygen atoms in total. The average Bonchev–Trinajstić information content (AvgIpc) is 2.34. The number of benzene rings is 1. The van der Waals surface area contributed by atoms with Crippen LogP contribution < -0.4 is 4.74 Å². The molecule has 0 atom stereocenters. The van der Waals surface area contributed by atoms with Crippen LogP contribution in [0, 0.1) is 5.92 Å². The van der Waals surface area contributed by atoms with Crippen LogP contribution in [0.25, 0.3) is 0 Å². The summed E-state index contributed by atoms with van der Waals surface area (Å²) < 4.78 is 5.22. The van der Waals surface area contributed by atoms with Gasteiger partial charge in [0.25, 0.3) is 0 Å². The summed E-state index contributed by atoms with van der Waals surface area (Å²) in [6, 6.07) is 9.26. The molecule has 0 saturated carbocycles. The zero-order chi connectivity index (χ0) is 13.2. The van der Waals surface area contributed by atoms with Gasteiger partial charge in [0, 0.05) is 6.42 Å². The molecular weight excluding hydrogens is 224 g/mol. The molecule has 18 heavy (non-hydrogen) atoms. The molecule has 0 heterocycles. The maximum absolute atomic E-state index is 11.5. The molecule has 1 aromatic carbocycles. The van der Waals surface area contributed by atoms with Crippen LogP contribution in [0.1, 0.15) is 52.4 Å². The largest absolute Gasteiger partial charge is 0.427 e. The van der Waals surface area contributed by atoms with E-state index in [1.807, 2.05) is 18.2 Å². The maximum Gasteiger partial charge on any atom is 0.311 e. The van der Waals surface area contributed by atoms with Gasteiger partial charge in [0.15, 0.2) is 0 Å². The molecule has 0 aliphatic heterocycles. The minimum absolute atomic E-state index is 0.120. The van der Waals surface area contributed by atoms with E-state index < -0.39 is 0 Å². The van der Waals surface area contributed by atoms with E-state index in [0.717, 1.165) is 18.8 Å². The van der Waals surface area contributed by atoms with Crippen molar-refractivity contribution >= 4 is 5.97 Å². The molecule has 0 radical (unpaired) electrons. The molecule has 1 rings (SSSR count). The first kappa shape index (κ1) is 14.7. The van der Waals surface area contributed by atoms with Gasteiger partial charge < -0.3 is 4.74 Å². The van der Waals surface area contributed by atoms with Gasteiger partial charge in [-0.05, 0) is 24.5 Å². The molecule has 0 saturated heterocycles. The van der Waals surface area contributed by atoms with Crippen LogP contribution in [0.5, 0.6) is 5.75 Å². The molecule has 0 aliphatic carbocycles. The van der Waals surface area contributed by atoms with Crippen molar-refractivity contribution in [3.63, 3.8) is 0 Å². The summed E-state index contributed by atoms with van der Waals surface area (Å²) in [7, 11) is 0. The number of carbonyl (C=O) groups is 1. The second-order valence-corrected chi connectivity index (χ2v) is 5.13.